The summed E-state index contributed by atoms with van der Waals surface area (Å²) < 4.78 is 1.69. The van der Waals surface area contributed by atoms with E-state index in [1.54, 1.807) is 23.3 Å². The van der Waals surface area contributed by atoms with E-state index in [2.05, 4.69) is 10.2 Å². The van der Waals surface area contributed by atoms with E-state index in [1.807, 2.05) is 24.3 Å². The summed E-state index contributed by atoms with van der Waals surface area (Å²) in [7, 11) is 0. The number of aromatic nitrogens is 3. The highest BCUT2D eigenvalue weighted by Crippen LogP contribution is 2.28. The van der Waals surface area contributed by atoms with Gasteiger partial charge in [0.15, 0.2) is 0 Å². The second kappa shape index (κ2) is 4.00. The lowest BCUT2D eigenvalue weighted by Gasteiger charge is -2.10. The molecule has 0 saturated carbocycles. The van der Waals surface area contributed by atoms with Crippen LogP contribution in [0, 0.1) is 6.92 Å². The average molecular weight is 245 g/mol. The Morgan fingerprint density at radius 3 is 3.00 bits per heavy atom. The van der Waals surface area contributed by atoms with Crippen LogP contribution >= 0.6 is 11.8 Å². The molecule has 2 heterocycles. The molecule has 4 nitrogen and oxygen atoms in total. The topological polar surface area (TPSA) is 47.8 Å². The molecule has 1 aliphatic rings. The molecule has 0 spiro atoms. The fourth-order valence-electron chi connectivity index (χ4n) is 1.93. The number of thioether (sulfide) groups is 1. The summed E-state index contributed by atoms with van der Waals surface area (Å²) in [4.78, 5) is 13.3. The van der Waals surface area contributed by atoms with Gasteiger partial charge in [0.2, 0.25) is 0 Å². The van der Waals surface area contributed by atoms with E-state index in [1.165, 1.54) is 0 Å². The maximum absolute atomic E-state index is 12.2. The number of aryl methyl sites for hydroxylation is 2. The Bertz CT molecular complexity index is 636. The number of hydrogen-bond donors (Lipinski definition) is 0. The third kappa shape index (κ3) is 1.67. The molecule has 1 aromatic heterocycles. The molecule has 0 radical (unpaired) electrons. The lowest BCUT2D eigenvalue weighted by Crippen LogP contribution is -2.27. The second-order valence-electron chi connectivity index (χ2n) is 3.91. The molecule has 0 bridgehead atoms. The van der Waals surface area contributed by atoms with Crippen molar-refractivity contribution in [1.29, 1.82) is 0 Å². The number of rotatable bonds is 0. The first-order valence-corrected chi connectivity index (χ1v) is 6.43. The predicted molar refractivity (Wildman–Crippen MR) is 66.8 cm³/mol. The Hall–Kier alpha value is -1.62. The van der Waals surface area contributed by atoms with Crippen LogP contribution in [0.2, 0.25) is 0 Å². The first-order chi connectivity index (χ1) is 8.27. The highest BCUT2D eigenvalue weighted by molar-refractivity contribution is 7.99. The van der Waals surface area contributed by atoms with Crippen molar-refractivity contribution in [2.24, 2.45) is 0 Å². The van der Waals surface area contributed by atoms with Gasteiger partial charge in [-0.15, -0.1) is 22.0 Å². The van der Waals surface area contributed by atoms with Crippen molar-refractivity contribution in [2.45, 2.75) is 18.2 Å². The van der Waals surface area contributed by atoms with Crippen LogP contribution in [0.1, 0.15) is 11.5 Å². The minimum atomic E-state index is -0.0649. The highest BCUT2D eigenvalue weighted by Gasteiger charge is 2.17. The van der Waals surface area contributed by atoms with Gasteiger partial charge in [0.05, 0.1) is 5.69 Å². The zero-order valence-corrected chi connectivity index (χ0v) is 10.2. The first kappa shape index (κ1) is 10.5. The Balaban J connectivity index is 2.38. The van der Waals surface area contributed by atoms with Crippen LogP contribution in [-0.2, 0) is 6.42 Å². The number of hydrogen-bond acceptors (Lipinski definition) is 4. The second-order valence-corrected chi connectivity index (χ2v) is 5.05. The van der Waals surface area contributed by atoms with Crippen molar-refractivity contribution in [3.05, 3.63) is 46.1 Å². The normalized spacial score (nSPS) is 13.7. The summed E-state index contributed by atoms with van der Waals surface area (Å²) in [6.07, 6.45) is 0.766. The molecular formula is C12H11N3OS. The van der Waals surface area contributed by atoms with Gasteiger partial charge in [-0.2, -0.15) is 0 Å². The minimum Gasteiger partial charge on any atom is -0.267 e. The number of fused-ring (bicyclic) bond motifs is 3. The van der Waals surface area contributed by atoms with E-state index < -0.39 is 0 Å². The fraction of sp³-hybridized carbons (Fsp3) is 0.250. The largest absolute Gasteiger partial charge is 0.279 e. The maximum Gasteiger partial charge on any atom is 0.279 e. The molecule has 0 saturated heterocycles. The van der Waals surface area contributed by atoms with Gasteiger partial charge < -0.3 is 0 Å². The standard InChI is InChI=1S/C12H11N3OS/c1-8-12(16)15-9-4-2-3-5-10(9)17-7-6-11(15)14-13-8/h2-5H,6-7H2,1H3. The van der Waals surface area contributed by atoms with E-state index in [0.717, 1.165) is 28.6 Å². The molecule has 86 valence electrons. The first-order valence-electron chi connectivity index (χ1n) is 5.45. The molecule has 0 amide bonds. The van der Waals surface area contributed by atoms with Gasteiger partial charge >= 0.3 is 0 Å². The van der Waals surface area contributed by atoms with Crippen LogP contribution in [0.4, 0.5) is 0 Å². The van der Waals surface area contributed by atoms with Crippen LogP contribution in [0.25, 0.3) is 5.69 Å². The molecule has 2 aromatic rings. The Labute approximate surface area is 103 Å². The molecule has 17 heavy (non-hydrogen) atoms. The molecule has 0 aliphatic carbocycles. The Morgan fingerprint density at radius 1 is 1.29 bits per heavy atom. The van der Waals surface area contributed by atoms with E-state index in [4.69, 9.17) is 0 Å². The van der Waals surface area contributed by atoms with E-state index in [-0.39, 0.29) is 5.56 Å². The SMILES string of the molecule is Cc1nnc2n(c1=O)-c1ccccc1SCC2. The Morgan fingerprint density at radius 2 is 2.12 bits per heavy atom. The van der Waals surface area contributed by atoms with Crippen LogP contribution in [0.3, 0.4) is 0 Å². The van der Waals surface area contributed by atoms with E-state index >= 15 is 0 Å². The molecule has 0 fully saturated rings. The summed E-state index contributed by atoms with van der Waals surface area (Å²) in [5.41, 5.74) is 1.30. The van der Waals surface area contributed by atoms with E-state index in [9.17, 15) is 4.79 Å². The molecular weight excluding hydrogens is 234 g/mol. The summed E-state index contributed by atoms with van der Waals surface area (Å²) in [6, 6.07) is 7.93. The third-order valence-electron chi connectivity index (χ3n) is 2.78. The van der Waals surface area contributed by atoms with Crippen LogP contribution in [-0.4, -0.2) is 20.5 Å². The number of nitrogens with zero attached hydrogens (tertiary/aromatic N) is 3. The monoisotopic (exact) mass is 245 g/mol. The van der Waals surface area contributed by atoms with Crippen molar-refractivity contribution < 1.29 is 0 Å². The van der Waals surface area contributed by atoms with Crippen molar-refractivity contribution in [2.75, 3.05) is 5.75 Å². The molecule has 1 aliphatic heterocycles. The molecule has 3 rings (SSSR count). The van der Waals surface area contributed by atoms with E-state index in [0.29, 0.717) is 5.69 Å². The van der Waals surface area contributed by atoms with Crippen LogP contribution in [0.15, 0.2) is 34.0 Å². The van der Waals surface area contributed by atoms with Gasteiger partial charge in [-0.05, 0) is 19.1 Å². The quantitative estimate of drug-likeness (QED) is 0.707. The lowest BCUT2D eigenvalue weighted by atomic mass is 10.3. The van der Waals surface area contributed by atoms with Crippen molar-refractivity contribution >= 4 is 11.8 Å². The van der Waals surface area contributed by atoms with Gasteiger partial charge in [-0.3, -0.25) is 9.36 Å². The number of benzene rings is 1. The smallest absolute Gasteiger partial charge is 0.267 e. The van der Waals surface area contributed by atoms with Crippen molar-refractivity contribution in [3.63, 3.8) is 0 Å². The summed E-state index contributed by atoms with van der Waals surface area (Å²) in [6.45, 7) is 1.70. The summed E-state index contributed by atoms with van der Waals surface area (Å²) in [5, 5.41) is 8.05. The van der Waals surface area contributed by atoms with Crippen LogP contribution < -0.4 is 5.56 Å². The minimum absolute atomic E-state index is 0.0649. The van der Waals surface area contributed by atoms with Gasteiger partial charge in [0.1, 0.15) is 11.5 Å². The maximum atomic E-state index is 12.2. The Kier molecular flexibility index (Phi) is 2.48. The van der Waals surface area contributed by atoms with Gasteiger partial charge in [0.25, 0.3) is 5.56 Å². The zero-order chi connectivity index (χ0) is 11.8. The van der Waals surface area contributed by atoms with Crippen molar-refractivity contribution in [1.82, 2.24) is 14.8 Å². The molecule has 0 N–H and O–H groups in total. The zero-order valence-electron chi connectivity index (χ0n) is 9.38. The van der Waals surface area contributed by atoms with Gasteiger partial charge in [0, 0.05) is 17.1 Å². The molecule has 0 unspecified atom stereocenters. The van der Waals surface area contributed by atoms with Crippen LogP contribution in [0.5, 0.6) is 0 Å². The highest BCUT2D eigenvalue weighted by atomic mass is 32.2. The fourth-order valence-corrected chi connectivity index (χ4v) is 2.91. The average Bonchev–Trinajstić information content (AvgIpc) is 2.53. The predicted octanol–water partition coefficient (Wildman–Crippen LogP) is 1.58. The summed E-state index contributed by atoms with van der Waals surface area (Å²) >= 11 is 1.75. The number of para-hydroxylation sites is 1. The molecule has 0 atom stereocenters. The summed E-state index contributed by atoms with van der Waals surface area (Å²) in [5.74, 6) is 1.67. The van der Waals surface area contributed by atoms with Gasteiger partial charge in [-0.25, -0.2) is 0 Å². The third-order valence-corrected chi connectivity index (χ3v) is 3.84. The molecule has 5 heteroatoms. The van der Waals surface area contributed by atoms with Gasteiger partial charge in [-0.1, -0.05) is 12.1 Å². The molecule has 1 aromatic carbocycles. The lowest BCUT2D eigenvalue weighted by molar-refractivity contribution is 0.737. The van der Waals surface area contributed by atoms with Crippen molar-refractivity contribution in [3.8, 4) is 5.69 Å².